The summed E-state index contributed by atoms with van der Waals surface area (Å²) in [5.41, 5.74) is 0.793. The van der Waals surface area contributed by atoms with Gasteiger partial charge in [0.25, 0.3) is 0 Å². The number of amides is 1. The van der Waals surface area contributed by atoms with E-state index in [1.54, 1.807) is 35.6 Å². The van der Waals surface area contributed by atoms with Gasteiger partial charge in [-0.15, -0.1) is 0 Å². The second-order valence-corrected chi connectivity index (χ2v) is 3.55. The quantitative estimate of drug-likeness (QED) is 0.841. The Balaban J connectivity index is 2.36. The van der Waals surface area contributed by atoms with Crippen LogP contribution in [0, 0.1) is 0 Å². The van der Waals surface area contributed by atoms with Gasteiger partial charge in [0, 0.05) is 13.0 Å². The van der Waals surface area contributed by atoms with Gasteiger partial charge in [0.05, 0.1) is 6.10 Å². The molecule has 0 radical (unpaired) electrons. The van der Waals surface area contributed by atoms with Gasteiger partial charge >= 0.3 is 12.1 Å². The number of benzene rings is 1. The largest absolute Gasteiger partial charge is 0.471 e. The van der Waals surface area contributed by atoms with Gasteiger partial charge in [0.2, 0.25) is 0 Å². The Labute approximate surface area is 96.3 Å². The number of aliphatic hydroxyl groups excluding tert-OH is 1. The monoisotopic (exact) mass is 247 g/mol. The van der Waals surface area contributed by atoms with Gasteiger partial charge in [-0.2, -0.15) is 13.2 Å². The van der Waals surface area contributed by atoms with Gasteiger partial charge in [-0.25, -0.2) is 0 Å². The third-order valence-corrected chi connectivity index (χ3v) is 2.07. The van der Waals surface area contributed by atoms with Gasteiger partial charge in [-0.05, 0) is 5.56 Å². The number of nitrogens with one attached hydrogen (secondary N) is 1. The van der Waals surface area contributed by atoms with Crippen molar-refractivity contribution in [3.63, 3.8) is 0 Å². The van der Waals surface area contributed by atoms with Crippen LogP contribution in [0.15, 0.2) is 30.3 Å². The topological polar surface area (TPSA) is 49.3 Å². The van der Waals surface area contributed by atoms with Gasteiger partial charge < -0.3 is 10.4 Å². The van der Waals surface area contributed by atoms with E-state index in [9.17, 15) is 23.1 Å². The number of carbonyl (C=O) groups is 1. The molecule has 1 amide bonds. The fourth-order valence-corrected chi connectivity index (χ4v) is 1.27. The molecule has 3 nitrogen and oxygen atoms in total. The van der Waals surface area contributed by atoms with E-state index in [-0.39, 0.29) is 6.42 Å². The zero-order valence-electron chi connectivity index (χ0n) is 8.87. The first-order valence-corrected chi connectivity index (χ1v) is 4.96. The summed E-state index contributed by atoms with van der Waals surface area (Å²) in [6, 6.07) is 8.80. The first-order chi connectivity index (χ1) is 7.89. The lowest BCUT2D eigenvalue weighted by Crippen LogP contribution is -2.41. The first kappa shape index (κ1) is 13.5. The summed E-state index contributed by atoms with van der Waals surface area (Å²) in [6.45, 7) is -0.423. The first-order valence-electron chi connectivity index (χ1n) is 4.96. The second-order valence-electron chi connectivity index (χ2n) is 3.55. The van der Waals surface area contributed by atoms with Gasteiger partial charge in [0.1, 0.15) is 0 Å². The Morgan fingerprint density at radius 1 is 1.29 bits per heavy atom. The zero-order chi connectivity index (χ0) is 12.9. The molecule has 1 unspecified atom stereocenters. The molecule has 0 heterocycles. The third kappa shape index (κ3) is 4.86. The molecule has 0 saturated heterocycles. The fraction of sp³-hybridized carbons (Fsp3) is 0.364. The molecule has 0 aromatic heterocycles. The molecule has 0 saturated carbocycles. The molecular formula is C11H12F3NO2. The van der Waals surface area contributed by atoms with Crippen LogP contribution >= 0.6 is 0 Å². The van der Waals surface area contributed by atoms with Crippen LogP contribution in [0.2, 0.25) is 0 Å². The lowest BCUT2D eigenvalue weighted by molar-refractivity contribution is -0.173. The second kappa shape index (κ2) is 5.67. The smallest absolute Gasteiger partial charge is 0.391 e. The number of hydrogen-bond acceptors (Lipinski definition) is 2. The molecule has 0 fully saturated rings. The lowest BCUT2D eigenvalue weighted by Gasteiger charge is -2.12. The van der Waals surface area contributed by atoms with Crippen molar-refractivity contribution < 1.29 is 23.1 Å². The summed E-state index contributed by atoms with van der Waals surface area (Å²) in [5.74, 6) is -2.04. The molecular weight excluding hydrogens is 235 g/mol. The highest BCUT2D eigenvalue weighted by Crippen LogP contribution is 2.14. The number of aliphatic hydroxyl groups is 1. The van der Waals surface area contributed by atoms with Crippen molar-refractivity contribution in [1.29, 1.82) is 0 Å². The molecule has 0 aliphatic heterocycles. The van der Waals surface area contributed by atoms with Crippen LogP contribution in [0.25, 0.3) is 0 Å². The molecule has 1 rings (SSSR count). The Hall–Kier alpha value is -1.56. The van der Waals surface area contributed by atoms with Crippen molar-refractivity contribution in [3.8, 4) is 0 Å². The molecule has 0 aliphatic carbocycles. The Kier molecular flexibility index (Phi) is 4.51. The predicted molar refractivity (Wildman–Crippen MR) is 55.2 cm³/mol. The molecule has 0 bridgehead atoms. The number of rotatable bonds is 4. The molecule has 2 N–H and O–H groups in total. The summed E-state index contributed by atoms with van der Waals surface area (Å²) in [5, 5.41) is 11.1. The molecule has 17 heavy (non-hydrogen) atoms. The molecule has 6 heteroatoms. The van der Waals surface area contributed by atoms with Gasteiger partial charge in [0.15, 0.2) is 0 Å². The molecule has 1 atom stereocenters. The summed E-state index contributed by atoms with van der Waals surface area (Å²) >= 11 is 0. The van der Waals surface area contributed by atoms with Crippen molar-refractivity contribution in [3.05, 3.63) is 35.9 Å². The van der Waals surface area contributed by atoms with Crippen LogP contribution in [-0.4, -0.2) is 29.8 Å². The van der Waals surface area contributed by atoms with E-state index in [1.807, 2.05) is 0 Å². The maximum Gasteiger partial charge on any atom is 0.471 e. The van der Waals surface area contributed by atoms with E-state index in [4.69, 9.17) is 0 Å². The average molecular weight is 247 g/mol. The minimum absolute atomic E-state index is 0.193. The van der Waals surface area contributed by atoms with Gasteiger partial charge in [-0.1, -0.05) is 30.3 Å². The Bertz CT molecular complexity index is 365. The standard InChI is InChI=1S/C11H12F3NO2/c12-11(13,14)10(17)15-7-9(16)6-8-4-2-1-3-5-8/h1-5,9,16H,6-7H2,(H,15,17). The average Bonchev–Trinajstić information content (AvgIpc) is 2.26. The lowest BCUT2D eigenvalue weighted by atomic mass is 10.1. The molecule has 0 spiro atoms. The van der Waals surface area contributed by atoms with Gasteiger partial charge in [-0.3, -0.25) is 4.79 Å². The maximum absolute atomic E-state index is 11.8. The highest BCUT2D eigenvalue weighted by molar-refractivity contribution is 5.81. The van der Waals surface area contributed by atoms with Crippen LogP contribution < -0.4 is 5.32 Å². The van der Waals surface area contributed by atoms with E-state index in [1.165, 1.54) is 0 Å². The molecule has 0 aliphatic rings. The third-order valence-electron chi connectivity index (χ3n) is 2.07. The normalized spacial score (nSPS) is 13.2. The summed E-state index contributed by atoms with van der Waals surface area (Å²) < 4.78 is 35.5. The van der Waals surface area contributed by atoms with Crippen LogP contribution in [0.1, 0.15) is 5.56 Å². The molecule has 1 aromatic rings. The Morgan fingerprint density at radius 3 is 2.41 bits per heavy atom. The zero-order valence-corrected chi connectivity index (χ0v) is 8.87. The van der Waals surface area contributed by atoms with Crippen LogP contribution in [0.5, 0.6) is 0 Å². The SMILES string of the molecule is O=C(NCC(O)Cc1ccccc1)C(F)(F)F. The van der Waals surface area contributed by atoms with Crippen molar-refractivity contribution in [2.75, 3.05) is 6.54 Å². The number of hydrogen-bond donors (Lipinski definition) is 2. The maximum atomic E-state index is 11.8. The van der Waals surface area contributed by atoms with Crippen molar-refractivity contribution >= 4 is 5.91 Å². The van der Waals surface area contributed by atoms with Crippen molar-refractivity contribution in [1.82, 2.24) is 5.32 Å². The Morgan fingerprint density at radius 2 is 1.88 bits per heavy atom. The van der Waals surface area contributed by atoms with Crippen LogP contribution in [-0.2, 0) is 11.2 Å². The minimum Gasteiger partial charge on any atom is -0.391 e. The van der Waals surface area contributed by atoms with Crippen LogP contribution in [0.3, 0.4) is 0 Å². The van der Waals surface area contributed by atoms with E-state index >= 15 is 0 Å². The van der Waals surface area contributed by atoms with E-state index in [0.29, 0.717) is 0 Å². The fourth-order valence-electron chi connectivity index (χ4n) is 1.27. The van der Waals surface area contributed by atoms with Crippen molar-refractivity contribution in [2.45, 2.75) is 18.7 Å². The van der Waals surface area contributed by atoms with E-state index < -0.39 is 24.7 Å². The number of carbonyl (C=O) groups excluding carboxylic acids is 1. The number of alkyl halides is 3. The predicted octanol–water partition coefficient (Wildman–Crippen LogP) is 1.27. The summed E-state index contributed by atoms with van der Waals surface area (Å²) in [6.07, 6.45) is -5.76. The van der Waals surface area contributed by atoms with Crippen molar-refractivity contribution in [2.24, 2.45) is 0 Å². The van der Waals surface area contributed by atoms with Crippen LogP contribution in [0.4, 0.5) is 13.2 Å². The summed E-state index contributed by atoms with van der Waals surface area (Å²) in [7, 11) is 0. The molecule has 1 aromatic carbocycles. The number of halogens is 3. The highest BCUT2D eigenvalue weighted by atomic mass is 19.4. The van der Waals surface area contributed by atoms with E-state index in [0.717, 1.165) is 5.56 Å². The van der Waals surface area contributed by atoms with E-state index in [2.05, 4.69) is 0 Å². The highest BCUT2D eigenvalue weighted by Gasteiger charge is 2.38. The minimum atomic E-state index is -4.91. The summed E-state index contributed by atoms with van der Waals surface area (Å²) in [4.78, 5) is 10.5. The molecule has 94 valence electrons.